The minimum Gasteiger partial charge on any atom is -0.465 e. The average molecular weight is 344 g/mol. The summed E-state index contributed by atoms with van der Waals surface area (Å²) in [7, 11) is 2.87. The first-order chi connectivity index (χ1) is 12.0. The predicted molar refractivity (Wildman–Crippen MR) is 92.0 cm³/mol. The standard InChI is InChI=1S/C17H20N4O4/c1-11-10-14(15(22)18-8-9-24-2)21-17(19-11)20-13-7-5-4-6-12(13)16(23)25-3/h4-7,10H,8-9H2,1-3H3,(H,18,22)(H,19,20,21). The number of aryl methyl sites for hydroxylation is 1. The highest BCUT2D eigenvalue weighted by molar-refractivity contribution is 5.96. The van der Waals surface area contributed by atoms with Gasteiger partial charge in [0.1, 0.15) is 5.69 Å². The second-order valence-electron chi connectivity index (χ2n) is 5.13. The van der Waals surface area contributed by atoms with Crippen LogP contribution in [-0.2, 0) is 9.47 Å². The SMILES string of the molecule is COCCNC(=O)c1cc(C)nc(Nc2ccccc2C(=O)OC)n1. The molecule has 0 unspecified atom stereocenters. The first-order valence-electron chi connectivity index (χ1n) is 7.62. The van der Waals surface area contributed by atoms with Crippen molar-refractivity contribution in [3.8, 4) is 0 Å². The molecule has 2 rings (SSSR count). The Kier molecular flexibility index (Phi) is 6.41. The molecular formula is C17H20N4O4. The van der Waals surface area contributed by atoms with Crippen LogP contribution in [0.25, 0.3) is 0 Å². The lowest BCUT2D eigenvalue weighted by atomic mass is 10.2. The molecule has 25 heavy (non-hydrogen) atoms. The van der Waals surface area contributed by atoms with Crippen LogP contribution in [0.1, 0.15) is 26.5 Å². The highest BCUT2D eigenvalue weighted by atomic mass is 16.5. The molecule has 0 saturated carbocycles. The lowest BCUT2D eigenvalue weighted by Crippen LogP contribution is -2.28. The van der Waals surface area contributed by atoms with Crippen LogP contribution in [-0.4, -0.2) is 49.2 Å². The molecule has 1 aromatic carbocycles. The Balaban J connectivity index is 2.24. The summed E-state index contributed by atoms with van der Waals surface area (Å²) in [6, 6.07) is 8.41. The number of para-hydroxylation sites is 1. The summed E-state index contributed by atoms with van der Waals surface area (Å²) in [5.41, 5.74) is 1.68. The van der Waals surface area contributed by atoms with E-state index in [1.54, 1.807) is 44.4 Å². The number of aromatic nitrogens is 2. The highest BCUT2D eigenvalue weighted by Gasteiger charge is 2.14. The minimum absolute atomic E-state index is 0.216. The molecule has 0 aliphatic carbocycles. The number of nitrogens with zero attached hydrogens (tertiary/aromatic N) is 2. The van der Waals surface area contributed by atoms with Crippen LogP contribution >= 0.6 is 0 Å². The van der Waals surface area contributed by atoms with Crippen molar-refractivity contribution in [3.63, 3.8) is 0 Å². The van der Waals surface area contributed by atoms with E-state index in [4.69, 9.17) is 9.47 Å². The van der Waals surface area contributed by atoms with Gasteiger partial charge in [0.15, 0.2) is 0 Å². The zero-order chi connectivity index (χ0) is 18.2. The van der Waals surface area contributed by atoms with E-state index in [9.17, 15) is 9.59 Å². The zero-order valence-corrected chi connectivity index (χ0v) is 14.3. The highest BCUT2D eigenvalue weighted by Crippen LogP contribution is 2.20. The van der Waals surface area contributed by atoms with Crippen LogP contribution in [0.2, 0.25) is 0 Å². The molecule has 0 aliphatic rings. The minimum atomic E-state index is -0.478. The number of amides is 1. The van der Waals surface area contributed by atoms with Crippen LogP contribution in [0.4, 0.5) is 11.6 Å². The van der Waals surface area contributed by atoms with Crippen molar-refractivity contribution in [1.82, 2.24) is 15.3 Å². The number of ether oxygens (including phenoxy) is 2. The van der Waals surface area contributed by atoms with Gasteiger partial charge >= 0.3 is 5.97 Å². The summed E-state index contributed by atoms with van der Waals surface area (Å²) < 4.78 is 9.66. The fraction of sp³-hybridized carbons (Fsp3) is 0.294. The molecule has 132 valence electrons. The smallest absolute Gasteiger partial charge is 0.339 e. The molecule has 0 radical (unpaired) electrons. The van der Waals surface area contributed by atoms with Gasteiger partial charge in [-0.15, -0.1) is 0 Å². The number of carbonyl (C=O) groups excluding carboxylic acids is 2. The molecule has 2 N–H and O–H groups in total. The van der Waals surface area contributed by atoms with Gasteiger partial charge in [0.05, 0.1) is 25.0 Å². The molecule has 0 aliphatic heterocycles. The van der Waals surface area contributed by atoms with Gasteiger partial charge < -0.3 is 20.1 Å². The maximum atomic E-state index is 12.1. The molecule has 0 fully saturated rings. The van der Waals surface area contributed by atoms with Crippen molar-refractivity contribution in [2.75, 3.05) is 32.7 Å². The Hall–Kier alpha value is -3.00. The van der Waals surface area contributed by atoms with Crippen molar-refractivity contribution in [2.45, 2.75) is 6.92 Å². The maximum absolute atomic E-state index is 12.1. The monoisotopic (exact) mass is 344 g/mol. The second kappa shape index (κ2) is 8.74. The maximum Gasteiger partial charge on any atom is 0.339 e. The van der Waals surface area contributed by atoms with Gasteiger partial charge in [0.2, 0.25) is 5.95 Å². The van der Waals surface area contributed by atoms with Gasteiger partial charge in [0.25, 0.3) is 5.91 Å². The second-order valence-corrected chi connectivity index (χ2v) is 5.13. The summed E-state index contributed by atoms with van der Waals surface area (Å²) in [4.78, 5) is 32.4. The molecule has 2 aromatic rings. The third kappa shape index (κ3) is 4.98. The van der Waals surface area contributed by atoms with E-state index in [1.807, 2.05) is 0 Å². The fourth-order valence-corrected chi connectivity index (χ4v) is 2.10. The van der Waals surface area contributed by atoms with Crippen molar-refractivity contribution in [3.05, 3.63) is 47.3 Å². The Morgan fingerprint density at radius 2 is 1.92 bits per heavy atom. The van der Waals surface area contributed by atoms with E-state index >= 15 is 0 Å². The predicted octanol–water partition coefficient (Wildman–Crippen LogP) is 1.69. The quantitative estimate of drug-likeness (QED) is 0.582. The number of hydrogen-bond acceptors (Lipinski definition) is 7. The number of methoxy groups -OCH3 is 2. The van der Waals surface area contributed by atoms with Gasteiger partial charge in [-0.2, -0.15) is 0 Å². The van der Waals surface area contributed by atoms with Crippen LogP contribution in [0.5, 0.6) is 0 Å². The van der Waals surface area contributed by atoms with Crippen molar-refractivity contribution in [2.24, 2.45) is 0 Å². The molecule has 8 heteroatoms. The fourth-order valence-electron chi connectivity index (χ4n) is 2.10. The van der Waals surface area contributed by atoms with Gasteiger partial charge in [-0.25, -0.2) is 14.8 Å². The molecule has 0 saturated heterocycles. The normalized spacial score (nSPS) is 10.2. The van der Waals surface area contributed by atoms with Gasteiger partial charge in [0, 0.05) is 19.3 Å². The lowest BCUT2D eigenvalue weighted by molar-refractivity contribution is 0.0601. The Morgan fingerprint density at radius 3 is 2.64 bits per heavy atom. The van der Waals surface area contributed by atoms with Gasteiger partial charge in [-0.05, 0) is 25.1 Å². The molecule has 0 spiro atoms. The number of esters is 1. The van der Waals surface area contributed by atoms with E-state index in [0.29, 0.717) is 30.1 Å². The van der Waals surface area contributed by atoms with E-state index in [1.165, 1.54) is 7.11 Å². The van der Waals surface area contributed by atoms with E-state index in [0.717, 1.165) is 0 Å². The molecule has 1 aromatic heterocycles. The molecule has 1 amide bonds. The summed E-state index contributed by atoms with van der Waals surface area (Å²) >= 11 is 0. The lowest BCUT2D eigenvalue weighted by Gasteiger charge is -2.11. The Morgan fingerprint density at radius 1 is 1.16 bits per heavy atom. The van der Waals surface area contributed by atoms with Crippen LogP contribution < -0.4 is 10.6 Å². The third-order valence-electron chi connectivity index (χ3n) is 3.26. The van der Waals surface area contributed by atoms with Crippen molar-refractivity contribution < 1.29 is 19.1 Å². The molecule has 1 heterocycles. The Bertz CT molecular complexity index is 764. The van der Waals surface area contributed by atoms with Gasteiger partial charge in [-0.3, -0.25) is 4.79 Å². The summed E-state index contributed by atoms with van der Waals surface area (Å²) in [6.07, 6.45) is 0. The molecule has 0 bridgehead atoms. The first kappa shape index (κ1) is 18.3. The number of hydrogen-bond donors (Lipinski definition) is 2. The zero-order valence-electron chi connectivity index (χ0n) is 14.3. The largest absolute Gasteiger partial charge is 0.465 e. The van der Waals surface area contributed by atoms with E-state index < -0.39 is 5.97 Å². The summed E-state index contributed by atoms with van der Waals surface area (Å²) in [5.74, 6) is -0.589. The summed E-state index contributed by atoms with van der Waals surface area (Å²) in [6.45, 7) is 2.55. The first-order valence-corrected chi connectivity index (χ1v) is 7.62. The molecule has 0 atom stereocenters. The van der Waals surface area contributed by atoms with E-state index in [-0.39, 0.29) is 17.5 Å². The van der Waals surface area contributed by atoms with Crippen LogP contribution in [0, 0.1) is 6.92 Å². The van der Waals surface area contributed by atoms with Crippen molar-refractivity contribution >= 4 is 23.5 Å². The topological polar surface area (TPSA) is 102 Å². The van der Waals surface area contributed by atoms with E-state index in [2.05, 4.69) is 20.6 Å². The van der Waals surface area contributed by atoms with Crippen molar-refractivity contribution in [1.29, 1.82) is 0 Å². The number of rotatable bonds is 7. The third-order valence-corrected chi connectivity index (χ3v) is 3.26. The number of benzene rings is 1. The average Bonchev–Trinajstić information content (AvgIpc) is 2.61. The summed E-state index contributed by atoms with van der Waals surface area (Å²) in [5, 5.41) is 5.66. The number of nitrogens with one attached hydrogen (secondary N) is 2. The van der Waals surface area contributed by atoms with Crippen LogP contribution in [0.3, 0.4) is 0 Å². The number of carbonyl (C=O) groups is 2. The van der Waals surface area contributed by atoms with Gasteiger partial charge in [-0.1, -0.05) is 12.1 Å². The molecule has 8 nitrogen and oxygen atoms in total. The molecular weight excluding hydrogens is 324 g/mol. The number of anilines is 2. The van der Waals surface area contributed by atoms with Crippen LogP contribution in [0.15, 0.2) is 30.3 Å². The Labute approximate surface area is 145 Å².